The summed E-state index contributed by atoms with van der Waals surface area (Å²) in [5.74, 6) is -5.77. The number of benzene rings is 2. The molecule has 0 unspecified atom stereocenters. The van der Waals surface area contributed by atoms with Crippen LogP contribution in [0, 0.1) is 40.9 Å². The second kappa shape index (κ2) is 29.6. The van der Waals surface area contributed by atoms with Crippen LogP contribution in [0.4, 0.5) is 22.0 Å². The van der Waals surface area contributed by atoms with Crippen LogP contribution in [0.5, 0.6) is 0 Å². The van der Waals surface area contributed by atoms with E-state index in [0.29, 0.717) is 5.56 Å². The average Bonchev–Trinajstić information content (AvgIpc) is 3.02. The van der Waals surface area contributed by atoms with Crippen molar-refractivity contribution in [1.82, 2.24) is 0 Å². The third-order valence-electron chi connectivity index (χ3n) is 8.85. The van der Waals surface area contributed by atoms with Crippen LogP contribution in [-0.2, 0) is 33.0 Å². The Labute approximate surface area is 347 Å². The maximum Gasteiger partial charge on any atom is 0.200 e. The quantitative estimate of drug-likeness (QED) is 0.0442. The molecule has 0 nitrogen and oxygen atoms in total. The Balaban J connectivity index is -0.000000700. The van der Waals surface area contributed by atoms with Gasteiger partial charge in [0, 0.05) is 38.5 Å². The molecule has 0 saturated heterocycles. The standard InChI is InChI=1S/C14H5F5.2C14H32P2.2Ni/c15-10-9(7-6-8-4-2-1-3-5-8)11(16)13(18)14(19)12(10)17;2*1-11(2)15(12(3)4)9-10-16(13(5)6)14(7)8;;/h1-5H;2*11-14H,9-10H2,1-8H3;;. The van der Waals surface area contributed by atoms with E-state index in [1.807, 2.05) is 5.92 Å². The molecule has 11 heteroatoms. The van der Waals surface area contributed by atoms with Crippen molar-refractivity contribution in [2.24, 2.45) is 0 Å². The summed E-state index contributed by atoms with van der Waals surface area (Å²) in [4.78, 5) is 0. The maximum absolute atomic E-state index is 13.3. The predicted octanol–water partition coefficient (Wildman–Crippen LogP) is 14.9. The first-order valence-corrected chi connectivity index (χ1v) is 25.3. The van der Waals surface area contributed by atoms with Gasteiger partial charge >= 0.3 is 0 Å². The Morgan fingerprint density at radius 3 is 0.830 bits per heavy atom. The summed E-state index contributed by atoms with van der Waals surface area (Å²) in [6, 6.07) is 8.03. The fourth-order valence-corrected chi connectivity index (χ4v) is 18.9. The molecule has 0 N–H and O–H groups in total. The molecule has 0 bridgehead atoms. The summed E-state index contributed by atoms with van der Waals surface area (Å²) in [7, 11) is 1.02. The summed E-state index contributed by atoms with van der Waals surface area (Å²) in [6.07, 6.45) is 6.03. The van der Waals surface area contributed by atoms with Crippen molar-refractivity contribution < 1.29 is 54.9 Å². The fraction of sp³-hybridized carbons (Fsp3) is 0.667. The second-order valence-corrected chi connectivity index (χ2v) is 29.4. The molecule has 0 aliphatic rings. The van der Waals surface area contributed by atoms with Crippen LogP contribution >= 0.6 is 31.7 Å². The van der Waals surface area contributed by atoms with Gasteiger partial charge in [0.1, 0.15) is 5.56 Å². The van der Waals surface area contributed by atoms with Crippen LogP contribution in [0.1, 0.15) is 122 Å². The first kappa shape index (κ1) is 57.7. The fourth-order valence-electron chi connectivity index (χ4n) is 6.28. The second-order valence-electron chi connectivity index (χ2n) is 15.3. The molecule has 0 aliphatic carbocycles. The first-order chi connectivity index (χ1) is 23.6. The van der Waals surface area contributed by atoms with E-state index in [4.69, 9.17) is 0 Å². The van der Waals surface area contributed by atoms with Crippen LogP contribution in [0.15, 0.2) is 30.3 Å². The molecule has 53 heavy (non-hydrogen) atoms. The van der Waals surface area contributed by atoms with E-state index in [9.17, 15) is 22.0 Å². The normalized spacial score (nSPS) is 11.5. The molecule has 2 aromatic carbocycles. The smallest absolute Gasteiger partial charge is 0.200 e. The molecule has 0 radical (unpaired) electrons. The molecule has 0 atom stereocenters. The van der Waals surface area contributed by atoms with Crippen LogP contribution in [0.25, 0.3) is 0 Å². The molecule has 0 saturated carbocycles. The van der Waals surface area contributed by atoms with E-state index in [2.05, 4.69) is 117 Å². The van der Waals surface area contributed by atoms with Crippen molar-refractivity contribution >= 4 is 31.7 Å². The van der Waals surface area contributed by atoms with Crippen molar-refractivity contribution in [1.29, 1.82) is 0 Å². The molecular formula is C42H69F5Ni2P4. The van der Waals surface area contributed by atoms with Gasteiger partial charge < -0.3 is 0 Å². The summed E-state index contributed by atoms with van der Waals surface area (Å²) in [6.45, 7) is 38.6. The van der Waals surface area contributed by atoms with E-state index >= 15 is 0 Å². The Hall–Kier alpha value is 0.357. The number of hydrogen-bond donors (Lipinski definition) is 0. The van der Waals surface area contributed by atoms with Crippen LogP contribution in [0.2, 0.25) is 0 Å². The van der Waals surface area contributed by atoms with Crippen LogP contribution < -0.4 is 0 Å². The summed E-state index contributed by atoms with van der Waals surface area (Å²) >= 11 is 0. The molecule has 2 rings (SSSR count). The zero-order valence-corrected chi connectivity index (χ0v) is 40.7. The van der Waals surface area contributed by atoms with E-state index in [1.54, 1.807) is 30.3 Å². The van der Waals surface area contributed by atoms with Crippen molar-refractivity contribution in [2.45, 2.75) is 156 Å². The minimum Gasteiger partial charge on any atom is -0.202 e. The molecule has 312 valence electrons. The topological polar surface area (TPSA) is 0 Å². The Kier molecular flexibility index (Phi) is 32.2. The third kappa shape index (κ3) is 21.1. The van der Waals surface area contributed by atoms with Gasteiger partial charge in [0.25, 0.3) is 0 Å². The number of rotatable bonds is 14. The van der Waals surface area contributed by atoms with Crippen LogP contribution in [0.3, 0.4) is 0 Å². The molecule has 0 heterocycles. The van der Waals surface area contributed by atoms with E-state index in [1.165, 1.54) is 24.6 Å². The van der Waals surface area contributed by atoms with Gasteiger partial charge in [0.15, 0.2) is 23.3 Å². The zero-order chi connectivity index (χ0) is 39.7. The van der Waals surface area contributed by atoms with Gasteiger partial charge in [-0.15, -0.1) is 31.7 Å². The number of halogens is 5. The Morgan fingerprint density at radius 1 is 0.377 bits per heavy atom. The Bertz CT molecular complexity index is 1190. The van der Waals surface area contributed by atoms with Gasteiger partial charge in [0.05, 0.1) is 0 Å². The van der Waals surface area contributed by atoms with Gasteiger partial charge in [0.2, 0.25) is 5.82 Å². The molecule has 0 fully saturated rings. The van der Waals surface area contributed by atoms with Crippen LogP contribution in [-0.4, -0.2) is 69.9 Å². The van der Waals surface area contributed by atoms with Crippen molar-refractivity contribution in [2.75, 3.05) is 24.6 Å². The van der Waals surface area contributed by atoms with Gasteiger partial charge in [-0.25, -0.2) is 22.0 Å². The van der Waals surface area contributed by atoms with E-state index < -0.39 is 34.6 Å². The summed E-state index contributed by atoms with van der Waals surface area (Å²) in [5.41, 5.74) is 6.52. The van der Waals surface area contributed by atoms with E-state index in [0.717, 1.165) is 45.3 Å². The van der Waals surface area contributed by atoms with E-state index in [-0.39, 0.29) is 64.7 Å². The largest absolute Gasteiger partial charge is 0.202 e. The average molecular weight is 910 g/mol. The minimum absolute atomic E-state index is 0. The molecule has 0 aromatic heterocycles. The zero-order valence-electron chi connectivity index (χ0n) is 35.1. The number of hydrogen-bond acceptors (Lipinski definition) is 0. The Morgan fingerprint density at radius 2 is 0.604 bits per heavy atom. The van der Waals surface area contributed by atoms with Crippen molar-refractivity contribution in [3.63, 3.8) is 0 Å². The van der Waals surface area contributed by atoms with Gasteiger partial charge in [-0.3, -0.25) is 0 Å². The van der Waals surface area contributed by atoms with Gasteiger partial charge in [-0.1, -0.05) is 141 Å². The van der Waals surface area contributed by atoms with Gasteiger partial charge in [-0.2, -0.15) is 0 Å². The molecule has 0 aliphatic heterocycles. The third-order valence-corrected chi connectivity index (χ3v) is 23.1. The van der Waals surface area contributed by atoms with Gasteiger partial charge in [-0.05, 0) is 82.1 Å². The summed E-state index contributed by atoms with van der Waals surface area (Å²) in [5, 5.41) is 0. The molecular weight excluding hydrogens is 841 g/mol. The SMILES string of the molecule is CC(C)P(CCP(C(C)C)C(C)C)C(C)C.CC(C)P(CCP(C(C)C)C(C)C)C(C)C.Fc1c(F)c(F)c(C#Cc2ccccc2)c(F)c1F.[Ni].[Ni]. The molecule has 2 aromatic rings. The maximum atomic E-state index is 13.3. The summed E-state index contributed by atoms with van der Waals surface area (Å²) < 4.78 is 65.1. The predicted molar refractivity (Wildman–Crippen MR) is 227 cm³/mol. The van der Waals surface area contributed by atoms with Crippen molar-refractivity contribution in [3.05, 3.63) is 70.5 Å². The van der Waals surface area contributed by atoms with Crippen molar-refractivity contribution in [3.8, 4) is 11.8 Å². The monoisotopic (exact) mass is 908 g/mol. The first-order valence-electron chi connectivity index (χ1n) is 18.7. The molecule has 0 amide bonds. The molecule has 0 spiro atoms. The minimum atomic E-state index is -2.19.